The molecule has 190 valence electrons. The molecule has 2 aromatic heterocycles. The number of rotatable bonds is 10. The van der Waals surface area contributed by atoms with Crippen LogP contribution in [0.1, 0.15) is 28.9 Å². The van der Waals surface area contributed by atoms with Gasteiger partial charge in [-0.3, -0.25) is 4.79 Å². The van der Waals surface area contributed by atoms with Crippen LogP contribution in [0.5, 0.6) is 0 Å². The summed E-state index contributed by atoms with van der Waals surface area (Å²) in [5, 5.41) is 14.1. The molecule has 4 aromatic rings. The highest BCUT2D eigenvalue weighted by atomic mass is 16.7. The minimum absolute atomic E-state index is 0.0451. The van der Waals surface area contributed by atoms with Gasteiger partial charge in [-0.2, -0.15) is 0 Å². The molecule has 12 nitrogen and oxygen atoms in total. The maximum Gasteiger partial charge on any atom is 0.328 e. The average Bonchev–Trinajstić information content (AvgIpc) is 3.27. The fourth-order valence-corrected chi connectivity index (χ4v) is 3.81. The first-order chi connectivity index (χ1) is 17.9. The van der Waals surface area contributed by atoms with Gasteiger partial charge in [0, 0.05) is 22.8 Å². The van der Waals surface area contributed by atoms with Crippen molar-refractivity contribution in [2.45, 2.75) is 25.5 Å². The van der Waals surface area contributed by atoms with Gasteiger partial charge in [-0.05, 0) is 30.5 Å². The number of benzene rings is 2. The van der Waals surface area contributed by atoms with Gasteiger partial charge < -0.3 is 20.8 Å². The van der Waals surface area contributed by atoms with Crippen molar-refractivity contribution in [3.63, 3.8) is 0 Å². The van der Waals surface area contributed by atoms with E-state index in [1.807, 2.05) is 54.6 Å². The van der Waals surface area contributed by atoms with Crippen LogP contribution in [0, 0.1) is 10.1 Å². The molecule has 0 saturated heterocycles. The average molecular weight is 504 g/mol. The molecule has 1 atom stereocenters. The molecule has 2 aromatic carbocycles. The Labute approximate surface area is 211 Å². The van der Waals surface area contributed by atoms with Crippen LogP contribution in [0.3, 0.4) is 0 Å². The molecule has 0 aliphatic heterocycles. The molecule has 0 spiro atoms. The van der Waals surface area contributed by atoms with Crippen molar-refractivity contribution in [2.24, 2.45) is 10.7 Å². The number of aromatic amines is 1. The third kappa shape index (κ3) is 6.57. The van der Waals surface area contributed by atoms with E-state index in [-0.39, 0.29) is 31.2 Å². The predicted molar refractivity (Wildman–Crippen MR) is 137 cm³/mol. The molecule has 37 heavy (non-hydrogen) atoms. The number of amides is 1. The molecular formula is C25H25N7O5. The van der Waals surface area contributed by atoms with Crippen LogP contribution in [0.25, 0.3) is 21.8 Å². The Kier molecular flexibility index (Phi) is 7.88. The highest BCUT2D eigenvalue weighted by Crippen LogP contribution is 2.25. The number of fused-ring (bicyclic) bond motifs is 3. The molecule has 0 fully saturated rings. The summed E-state index contributed by atoms with van der Waals surface area (Å²) in [6.07, 6.45) is 2.05. The SMILES string of the molecule is NC(=NCCCC(NC(=O)c1cc2c(cn1)[nH]c1ccccc12)C(=O)OCc1ccccc1)N[N+](=O)[O-]. The van der Waals surface area contributed by atoms with Gasteiger partial charge in [0.2, 0.25) is 0 Å². The Hall–Kier alpha value is -5.00. The van der Waals surface area contributed by atoms with E-state index in [1.165, 1.54) is 0 Å². The lowest BCUT2D eigenvalue weighted by Gasteiger charge is -2.17. The first-order valence-corrected chi connectivity index (χ1v) is 11.5. The van der Waals surface area contributed by atoms with Crippen LogP contribution < -0.4 is 16.5 Å². The number of carbonyl (C=O) groups is 2. The van der Waals surface area contributed by atoms with E-state index in [1.54, 1.807) is 17.7 Å². The quantitative estimate of drug-likeness (QED) is 0.0636. The number of hydrogen-bond acceptors (Lipinski definition) is 7. The molecule has 1 amide bonds. The van der Waals surface area contributed by atoms with E-state index in [4.69, 9.17) is 10.5 Å². The van der Waals surface area contributed by atoms with Crippen LogP contribution in [0.4, 0.5) is 0 Å². The second kappa shape index (κ2) is 11.6. The number of nitrogens with two attached hydrogens (primary N) is 1. The molecular weight excluding hydrogens is 478 g/mol. The van der Waals surface area contributed by atoms with Gasteiger partial charge in [-0.25, -0.2) is 24.9 Å². The monoisotopic (exact) mass is 503 g/mol. The summed E-state index contributed by atoms with van der Waals surface area (Å²) in [6, 6.07) is 17.5. The number of pyridine rings is 1. The minimum Gasteiger partial charge on any atom is -0.459 e. The Morgan fingerprint density at radius 2 is 1.86 bits per heavy atom. The zero-order valence-corrected chi connectivity index (χ0v) is 19.7. The fourth-order valence-electron chi connectivity index (χ4n) is 3.81. The standard InChI is InChI=1S/C25H25N7O5/c26-25(31-32(35)36)27-12-6-11-20(24(34)37-15-16-7-2-1-3-8-16)30-23(33)21-13-18-17-9-4-5-10-19(17)29-22(18)14-28-21/h1-5,7-10,13-14,20,29H,6,11-12,15H2,(H,30,33)(H3,26,27,31). The molecule has 0 aliphatic carbocycles. The van der Waals surface area contributed by atoms with E-state index < -0.39 is 23.0 Å². The summed E-state index contributed by atoms with van der Waals surface area (Å²) in [6.45, 7) is 0.147. The molecule has 0 radical (unpaired) electrons. The minimum atomic E-state index is -0.989. The van der Waals surface area contributed by atoms with Crippen molar-refractivity contribution in [1.82, 2.24) is 20.7 Å². The van der Waals surface area contributed by atoms with Crippen molar-refractivity contribution in [3.05, 3.63) is 88.2 Å². The Morgan fingerprint density at radius 3 is 2.65 bits per heavy atom. The predicted octanol–water partition coefficient (Wildman–Crippen LogP) is 2.43. The molecule has 4 rings (SSSR count). The molecule has 0 saturated carbocycles. The van der Waals surface area contributed by atoms with Crippen molar-refractivity contribution < 1.29 is 19.4 Å². The first kappa shape index (κ1) is 25.1. The number of ether oxygens (including phenoxy) is 1. The van der Waals surface area contributed by atoms with E-state index in [0.717, 1.165) is 27.4 Å². The number of esters is 1. The fraction of sp³-hybridized carbons (Fsp3) is 0.200. The number of aliphatic imine (C=N–C) groups is 1. The van der Waals surface area contributed by atoms with E-state index in [2.05, 4.69) is 20.3 Å². The number of para-hydroxylation sites is 1. The number of H-pyrrole nitrogens is 1. The van der Waals surface area contributed by atoms with E-state index >= 15 is 0 Å². The zero-order chi connectivity index (χ0) is 26.2. The van der Waals surface area contributed by atoms with Crippen LogP contribution in [0.15, 0.2) is 71.9 Å². The van der Waals surface area contributed by atoms with Crippen molar-refractivity contribution in [2.75, 3.05) is 6.54 Å². The van der Waals surface area contributed by atoms with Crippen LogP contribution in [-0.2, 0) is 16.1 Å². The lowest BCUT2D eigenvalue weighted by atomic mass is 10.1. The number of nitro groups is 1. The van der Waals surface area contributed by atoms with Gasteiger partial charge in [0.1, 0.15) is 18.3 Å². The second-order valence-electron chi connectivity index (χ2n) is 8.18. The summed E-state index contributed by atoms with van der Waals surface area (Å²) in [5.74, 6) is -1.51. The van der Waals surface area contributed by atoms with Crippen molar-refractivity contribution in [3.8, 4) is 0 Å². The third-order valence-corrected chi connectivity index (χ3v) is 5.58. The topological polar surface area (TPSA) is 178 Å². The van der Waals surface area contributed by atoms with E-state index in [9.17, 15) is 19.7 Å². The number of carbonyl (C=O) groups excluding carboxylic acids is 2. The van der Waals surface area contributed by atoms with Crippen LogP contribution >= 0.6 is 0 Å². The zero-order valence-electron chi connectivity index (χ0n) is 19.7. The molecule has 1 unspecified atom stereocenters. The summed E-state index contributed by atoms with van der Waals surface area (Å²) in [4.78, 5) is 47.7. The number of nitrogens with zero attached hydrogens (tertiary/aromatic N) is 3. The van der Waals surface area contributed by atoms with Gasteiger partial charge in [0.25, 0.3) is 11.9 Å². The van der Waals surface area contributed by atoms with E-state index in [0.29, 0.717) is 6.42 Å². The summed E-state index contributed by atoms with van der Waals surface area (Å²) >= 11 is 0. The summed E-state index contributed by atoms with van der Waals surface area (Å²) in [5.41, 5.74) is 9.83. The smallest absolute Gasteiger partial charge is 0.328 e. The largest absolute Gasteiger partial charge is 0.459 e. The molecule has 12 heteroatoms. The van der Waals surface area contributed by atoms with Crippen molar-refractivity contribution in [1.29, 1.82) is 0 Å². The van der Waals surface area contributed by atoms with Crippen LogP contribution in [-0.4, -0.2) is 45.4 Å². The molecule has 0 aliphatic rings. The number of hydrogen-bond donors (Lipinski definition) is 4. The lowest BCUT2D eigenvalue weighted by Crippen LogP contribution is -2.42. The normalized spacial score (nSPS) is 12.3. The maximum absolute atomic E-state index is 13.1. The van der Waals surface area contributed by atoms with Gasteiger partial charge in [0.15, 0.2) is 5.03 Å². The number of guanidine groups is 1. The third-order valence-electron chi connectivity index (χ3n) is 5.58. The summed E-state index contributed by atoms with van der Waals surface area (Å²) in [7, 11) is 0. The van der Waals surface area contributed by atoms with Gasteiger partial charge in [0.05, 0.1) is 11.7 Å². The van der Waals surface area contributed by atoms with Crippen molar-refractivity contribution >= 4 is 39.6 Å². The Morgan fingerprint density at radius 1 is 1.11 bits per heavy atom. The molecule has 0 bridgehead atoms. The first-order valence-electron chi connectivity index (χ1n) is 11.5. The highest BCUT2D eigenvalue weighted by Gasteiger charge is 2.24. The van der Waals surface area contributed by atoms with Gasteiger partial charge >= 0.3 is 5.97 Å². The number of nitrogens with one attached hydrogen (secondary N) is 3. The molecule has 5 N–H and O–H groups in total. The van der Waals surface area contributed by atoms with Gasteiger partial charge in [-0.15, -0.1) is 0 Å². The number of aromatic nitrogens is 2. The lowest BCUT2D eigenvalue weighted by molar-refractivity contribution is -0.525. The highest BCUT2D eigenvalue weighted by molar-refractivity contribution is 6.09. The molecule has 2 heterocycles. The second-order valence-corrected chi connectivity index (χ2v) is 8.18. The Bertz CT molecular complexity index is 1450. The van der Waals surface area contributed by atoms with Crippen LogP contribution in [0.2, 0.25) is 0 Å². The maximum atomic E-state index is 13.1. The summed E-state index contributed by atoms with van der Waals surface area (Å²) < 4.78 is 5.43. The number of hydrazine groups is 1. The Balaban J connectivity index is 1.47. The van der Waals surface area contributed by atoms with Gasteiger partial charge in [-0.1, -0.05) is 54.0 Å².